The summed E-state index contributed by atoms with van der Waals surface area (Å²) in [5, 5.41) is 2.65. The second-order valence-corrected chi connectivity index (χ2v) is 7.39. The Morgan fingerprint density at radius 3 is 2.21 bits per heavy atom. The van der Waals surface area contributed by atoms with Gasteiger partial charge in [-0.1, -0.05) is 60.4 Å². The van der Waals surface area contributed by atoms with Crippen LogP contribution >= 0.6 is 0 Å². The first kappa shape index (κ1) is 22.0. The molecular weight excluding hydrogens is 418 g/mol. The molecule has 0 bridgehead atoms. The molecule has 0 unspecified atom stereocenters. The largest absolute Gasteiger partial charge is 0.496 e. The molecule has 0 saturated heterocycles. The molecule has 0 aliphatic heterocycles. The molecule has 0 atom stereocenters. The van der Waals surface area contributed by atoms with Gasteiger partial charge in [0.05, 0.1) is 31.9 Å². The Morgan fingerprint density at radius 2 is 1.61 bits per heavy atom. The predicted molar refractivity (Wildman–Crippen MR) is 125 cm³/mol. The standard InChI is InChI=1S/C27H23NO5/c1-31-25-15-19(16-29)26(32-2)14-18(25)8-7-13-28-27(30)33-17-24-22-11-5-3-9-20(22)21-10-4-6-12-23(21)24/h3-6,9-12,14-16,24H,13,17H2,1-2H3,(H,28,30). The van der Waals surface area contributed by atoms with Crippen LogP contribution in [-0.2, 0) is 4.74 Å². The van der Waals surface area contributed by atoms with Crippen LogP contribution in [0.25, 0.3) is 11.1 Å². The van der Waals surface area contributed by atoms with Crippen molar-refractivity contribution >= 4 is 12.4 Å². The number of aldehydes is 1. The lowest BCUT2D eigenvalue weighted by atomic mass is 9.98. The van der Waals surface area contributed by atoms with Crippen LogP contribution in [0.1, 0.15) is 33.0 Å². The van der Waals surface area contributed by atoms with Crippen LogP contribution < -0.4 is 14.8 Å². The number of hydrogen-bond donors (Lipinski definition) is 1. The second-order valence-electron chi connectivity index (χ2n) is 7.39. The number of rotatable bonds is 6. The molecule has 6 nitrogen and oxygen atoms in total. The third-order valence-electron chi connectivity index (χ3n) is 5.57. The molecule has 1 N–H and O–H groups in total. The Bertz CT molecular complexity index is 1210. The summed E-state index contributed by atoms with van der Waals surface area (Å²) >= 11 is 0. The molecule has 1 amide bonds. The van der Waals surface area contributed by atoms with Crippen molar-refractivity contribution in [3.05, 3.63) is 82.9 Å². The minimum Gasteiger partial charge on any atom is -0.496 e. The van der Waals surface area contributed by atoms with Crippen LogP contribution in [0.15, 0.2) is 60.7 Å². The van der Waals surface area contributed by atoms with E-state index >= 15 is 0 Å². The molecule has 0 saturated carbocycles. The number of ether oxygens (including phenoxy) is 3. The number of carbonyl (C=O) groups is 2. The summed E-state index contributed by atoms with van der Waals surface area (Å²) in [4.78, 5) is 23.4. The third kappa shape index (κ3) is 4.53. The molecule has 1 aliphatic carbocycles. The molecule has 3 aromatic rings. The first-order chi connectivity index (χ1) is 16.2. The van der Waals surface area contributed by atoms with E-state index in [0.717, 1.165) is 11.1 Å². The third-order valence-corrected chi connectivity index (χ3v) is 5.57. The van der Waals surface area contributed by atoms with Crippen LogP contribution in [0.2, 0.25) is 0 Å². The fourth-order valence-electron chi connectivity index (χ4n) is 4.02. The summed E-state index contributed by atoms with van der Waals surface area (Å²) in [5.41, 5.74) is 5.60. The van der Waals surface area contributed by atoms with Crippen molar-refractivity contribution in [3.8, 4) is 34.5 Å². The lowest BCUT2D eigenvalue weighted by Crippen LogP contribution is -2.26. The van der Waals surface area contributed by atoms with Crippen molar-refractivity contribution in [2.24, 2.45) is 0 Å². The zero-order valence-corrected chi connectivity index (χ0v) is 18.4. The van der Waals surface area contributed by atoms with Crippen LogP contribution in [0.3, 0.4) is 0 Å². The SMILES string of the molecule is COc1cc(C=O)c(OC)cc1C#CCNC(=O)OCC1c2ccccc2-c2ccccc21. The monoisotopic (exact) mass is 441 g/mol. The number of hydrogen-bond acceptors (Lipinski definition) is 5. The van der Waals surface area contributed by atoms with Crippen LogP contribution in [0.4, 0.5) is 4.79 Å². The van der Waals surface area contributed by atoms with Gasteiger partial charge in [0.2, 0.25) is 0 Å². The fourth-order valence-corrected chi connectivity index (χ4v) is 4.02. The number of amides is 1. The predicted octanol–water partition coefficient (Wildman–Crippen LogP) is 4.41. The maximum absolute atomic E-state index is 12.3. The van der Waals surface area contributed by atoms with Crippen LogP contribution in [-0.4, -0.2) is 39.8 Å². The van der Waals surface area contributed by atoms with Crippen molar-refractivity contribution in [2.45, 2.75) is 5.92 Å². The fraction of sp³-hybridized carbons (Fsp3) is 0.185. The Kier molecular flexibility index (Phi) is 6.61. The summed E-state index contributed by atoms with van der Waals surface area (Å²) in [6.45, 7) is 0.336. The zero-order chi connectivity index (χ0) is 23.2. The summed E-state index contributed by atoms with van der Waals surface area (Å²) in [6, 6.07) is 19.6. The molecular formula is C27H23NO5. The molecule has 3 aromatic carbocycles. The Labute approximate surface area is 192 Å². The van der Waals surface area contributed by atoms with Gasteiger partial charge in [0, 0.05) is 12.0 Å². The smallest absolute Gasteiger partial charge is 0.407 e. The molecule has 0 heterocycles. The van der Waals surface area contributed by atoms with E-state index in [-0.39, 0.29) is 19.1 Å². The molecule has 0 fully saturated rings. The van der Waals surface area contributed by atoms with E-state index in [9.17, 15) is 9.59 Å². The maximum Gasteiger partial charge on any atom is 0.407 e. The number of nitrogens with one attached hydrogen (secondary N) is 1. The van der Waals surface area contributed by atoms with Crippen molar-refractivity contribution in [1.29, 1.82) is 0 Å². The highest BCUT2D eigenvalue weighted by atomic mass is 16.5. The average Bonchev–Trinajstić information content (AvgIpc) is 3.18. The van der Waals surface area contributed by atoms with Crippen molar-refractivity contribution < 1.29 is 23.8 Å². The van der Waals surface area contributed by atoms with Crippen molar-refractivity contribution in [3.63, 3.8) is 0 Å². The topological polar surface area (TPSA) is 73.9 Å². The summed E-state index contributed by atoms with van der Waals surface area (Å²) in [5.74, 6) is 6.65. The maximum atomic E-state index is 12.3. The number of carbonyl (C=O) groups excluding carboxylic acids is 2. The van der Waals surface area contributed by atoms with Gasteiger partial charge in [-0.05, 0) is 28.3 Å². The van der Waals surface area contributed by atoms with E-state index in [1.807, 2.05) is 24.3 Å². The normalized spacial score (nSPS) is 11.5. The van der Waals surface area contributed by atoms with Crippen molar-refractivity contribution in [2.75, 3.05) is 27.4 Å². The van der Waals surface area contributed by atoms with Gasteiger partial charge in [-0.2, -0.15) is 0 Å². The molecule has 6 heteroatoms. The van der Waals surface area contributed by atoms with E-state index in [1.165, 1.54) is 25.3 Å². The van der Waals surface area contributed by atoms with E-state index in [0.29, 0.717) is 28.9 Å². The van der Waals surface area contributed by atoms with E-state index in [2.05, 4.69) is 41.4 Å². The van der Waals surface area contributed by atoms with Gasteiger partial charge in [0.25, 0.3) is 0 Å². The zero-order valence-electron chi connectivity index (χ0n) is 18.4. The van der Waals surface area contributed by atoms with Gasteiger partial charge < -0.3 is 19.5 Å². The molecule has 33 heavy (non-hydrogen) atoms. The van der Waals surface area contributed by atoms with Gasteiger partial charge in [0.15, 0.2) is 6.29 Å². The molecule has 0 radical (unpaired) electrons. The Morgan fingerprint density at radius 1 is 0.970 bits per heavy atom. The summed E-state index contributed by atoms with van der Waals surface area (Å²) < 4.78 is 16.0. The summed E-state index contributed by atoms with van der Waals surface area (Å²) in [6.07, 6.45) is 0.157. The lowest BCUT2D eigenvalue weighted by Gasteiger charge is -2.14. The van der Waals surface area contributed by atoms with Gasteiger partial charge in [-0.15, -0.1) is 0 Å². The first-order valence-corrected chi connectivity index (χ1v) is 10.4. The van der Waals surface area contributed by atoms with Gasteiger partial charge in [-0.25, -0.2) is 4.79 Å². The Hall–Kier alpha value is -4.24. The number of methoxy groups -OCH3 is 2. The van der Waals surface area contributed by atoms with Crippen molar-refractivity contribution in [1.82, 2.24) is 5.32 Å². The van der Waals surface area contributed by atoms with E-state index < -0.39 is 6.09 Å². The number of fused-ring (bicyclic) bond motifs is 3. The highest BCUT2D eigenvalue weighted by molar-refractivity contribution is 5.81. The highest BCUT2D eigenvalue weighted by Crippen LogP contribution is 2.44. The summed E-state index contributed by atoms with van der Waals surface area (Å²) in [7, 11) is 2.97. The van der Waals surface area contributed by atoms with Crippen LogP contribution in [0, 0.1) is 11.8 Å². The molecule has 0 aromatic heterocycles. The van der Waals surface area contributed by atoms with E-state index in [1.54, 1.807) is 12.1 Å². The highest BCUT2D eigenvalue weighted by Gasteiger charge is 2.28. The molecule has 4 rings (SSSR count). The Balaban J connectivity index is 1.38. The molecule has 1 aliphatic rings. The van der Waals surface area contributed by atoms with Crippen LogP contribution in [0.5, 0.6) is 11.5 Å². The molecule has 0 spiro atoms. The lowest BCUT2D eigenvalue weighted by molar-refractivity contribution is 0.112. The molecule has 166 valence electrons. The number of benzene rings is 3. The first-order valence-electron chi connectivity index (χ1n) is 10.4. The second kappa shape index (κ2) is 9.92. The quantitative estimate of drug-likeness (QED) is 0.453. The minimum atomic E-state index is -0.535. The average molecular weight is 441 g/mol. The number of alkyl carbamates (subject to hydrolysis) is 1. The van der Waals surface area contributed by atoms with Gasteiger partial charge in [0.1, 0.15) is 18.1 Å². The van der Waals surface area contributed by atoms with Gasteiger partial charge in [-0.3, -0.25) is 4.79 Å². The van der Waals surface area contributed by atoms with Gasteiger partial charge >= 0.3 is 6.09 Å². The minimum absolute atomic E-state index is 0.00212. The van der Waals surface area contributed by atoms with E-state index in [4.69, 9.17) is 14.2 Å².